The molecule has 0 rings (SSSR count). The number of ether oxygens (including phenoxy) is 3. The molecule has 1 unspecified atom stereocenters. The van der Waals surface area contributed by atoms with Crippen LogP contribution in [0.25, 0.3) is 0 Å². The van der Waals surface area contributed by atoms with Crippen LogP contribution < -0.4 is 0 Å². The monoisotopic (exact) mass is 661 g/mol. The van der Waals surface area contributed by atoms with Gasteiger partial charge in [-0.1, -0.05) is 141 Å². The van der Waals surface area contributed by atoms with Crippen molar-refractivity contribution in [2.75, 3.05) is 13.2 Å². The number of esters is 3. The number of carbonyl (C=O) groups excluding carboxylic acids is 3. The molecule has 0 amide bonds. The van der Waals surface area contributed by atoms with Crippen LogP contribution in [0.5, 0.6) is 0 Å². The smallest absolute Gasteiger partial charge is 0.306 e. The Labute approximate surface area is 289 Å². The summed E-state index contributed by atoms with van der Waals surface area (Å²) in [6.45, 7) is 6.40. The zero-order chi connectivity index (χ0) is 34.5. The Morgan fingerprint density at radius 3 is 1.34 bits per heavy atom. The normalized spacial score (nSPS) is 12.3. The highest BCUT2D eigenvalue weighted by Gasteiger charge is 2.19. The van der Waals surface area contributed by atoms with Crippen LogP contribution in [0.2, 0.25) is 0 Å². The molecule has 0 radical (unpaired) electrons. The molecule has 0 aromatic heterocycles. The molecular formula is C41H72O6. The Morgan fingerprint density at radius 2 is 0.830 bits per heavy atom. The van der Waals surface area contributed by atoms with Crippen LogP contribution in [-0.4, -0.2) is 37.2 Å². The van der Waals surface area contributed by atoms with Gasteiger partial charge >= 0.3 is 17.9 Å². The lowest BCUT2D eigenvalue weighted by Crippen LogP contribution is -2.30. The Balaban J connectivity index is 4.32. The molecule has 0 aromatic carbocycles. The predicted molar refractivity (Wildman–Crippen MR) is 196 cm³/mol. The summed E-state index contributed by atoms with van der Waals surface area (Å²) in [5.74, 6) is -0.927. The molecule has 1 atom stereocenters. The third-order valence-corrected chi connectivity index (χ3v) is 8.10. The van der Waals surface area contributed by atoms with Gasteiger partial charge in [-0.25, -0.2) is 0 Å². The average molecular weight is 661 g/mol. The lowest BCUT2D eigenvalue weighted by atomic mass is 10.1. The maximum absolute atomic E-state index is 12.6. The van der Waals surface area contributed by atoms with E-state index in [0.717, 1.165) is 103 Å². The molecule has 0 fully saturated rings. The van der Waals surface area contributed by atoms with Crippen molar-refractivity contribution in [1.29, 1.82) is 0 Å². The van der Waals surface area contributed by atoms with Crippen molar-refractivity contribution in [2.24, 2.45) is 0 Å². The van der Waals surface area contributed by atoms with Crippen molar-refractivity contribution in [3.63, 3.8) is 0 Å². The van der Waals surface area contributed by atoms with E-state index in [-0.39, 0.29) is 31.1 Å². The molecular weight excluding hydrogens is 588 g/mol. The SMILES string of the molecule is CCC/C=C\C/C=C\CCCCCCCC(=O)OCC(COC(=O)CCCCCCC)OC(=O)CCCCCCC/C=C\CCCC. The lowest BCUT2D eigenvalue weighted by Gasteiger charge is -2.18. The van der Waals surface area contributed by atoms with Gasteiger partial charge in [-0.05, 0) is 64.2 Å². The highest BCUT2D eigenvalue weighted by Crippen LogP contribution is 2.12. The summed E-state index contributed by atoms with van der Waals surface area (Å²) >= 11 is 0. The molecule has 0 heterocycles. The van der Waals surface area contributed by atoms with Crippen LogP contribution in [0.1, 0.15) is 188 Å². The molecule has 0 saturated carbocycles. The molecule has 0 aliphatic carbocycles. The van der Waals surface area contributed by atoms with Crippen LogP contribution in [0.4, 0.5) is 0 Å². The highest BCUT2D eigenvalue weighted by atomic mass is 16.6. The van der Waals surface area contributed by atoms with Crippen molar-refractivity contribution in [1.82, 2.24) is 0 Å². The molecule has 0 N–H and O–H groups in total. The number of allylic oxidation sites excluding steroid dienone is 6. The summed E-state index contributed by atoms with van der Waals surface area (Å²) in [5, 5.41) is 0. The summed E-state index contributed by atoms with van der Waals surface area (Å²) in [4.78, 5) is 37.2. The van der Waals surface area contributed by atoms with E-state index in [1.54, 1.807) is 0 Å². The molecule has 0 spiro atoms. The fourth-order valence-corrected chi connectivity index (χ4v) is 5.10. The van der Waals surface area contributed by atoms with Crippen molar-refractivity contribution in [3.8, 4) is 0 Å². The van der Waals surface area contributed by atoms with E-state index in [1.165, 1.54) is 44.9 Å². The first-order valence-electron chi connectivity index (χ1n) is 19.5. The van der Waals surface area contributed by atoms with E-state index in [4.69, 9.17) is 14.2 Å². The van der Waals surface area contributed by atoms with Crippen LogP contribution in [0, 0.1) is 0 Å². The minimum absolute atomic E-state index is 0.0813. The summed E-state index contributed by atoms with van der Waals surface area (Å²) in [7, 11) is 0. The second-order valence-electron chi connectivity index (χ2n) is 12.8. The van der Waals surface area contributed by atoms with E-state index in [2.05, 4.69) is 57.2 Å². The van der Waals surface area contributed by atoms with E-state index >= 15 is 0 Å². The number of carbonyl (C=O) groups is 3. The van der Waals surface area contributed by atoms with E-state index in [0.29, 0.717) is 19.3 Å². The summed E-state index contributed by atoms with van der Waals surface area (Å²) in [5.41, 5.74) is 0. The van der Waals surface area contributed by atoms with Gasteiger partial charge in [0.1, 0.15) is 13.2 Å². The second-order valence-corrected chi connectivity index (χ2v) is 12.8. The van der Waals surface area contributed by atoms with Crippen LogP contribution >= 0.6 is 0 Å². The van der Waals surface area contributed by atoms with Crippen LogP contribution in [0.3, 0.4) is 0 Å². The minimum atomic E-state index is -0.773. The van der Waals surface area contributed by atoms with Crippen molar-refractivity contribution in [3.05, 3.63) is 36.5 Å². The van der Waals surface area contributed by atoms with Crippen molar-refractivity contribution < 1.29 is 28.6 Å². The van der Waals surface area contributed by atoms with Crippen molar-refractivity contribution >= 4 is 17.9 Å². The quantitative estimate of drug-likeness (QED) is 0.0296. The molecule has 0 aliphatic heterocycles. The zero-order valence-electron chi connectivity index (χ0n) is 30.8. The average Bonchev–Trinajstić information content (AvgIpc) is 3.06. The van der Waals surface area contributed by atoms with Gasteiger partial charge in [-0.3, -0.25) is 14.4 Å². The topological polar surface area (TPSA) is 78.9 Å². The van der Waals surface area contributed by atoms with Gasteiger partial charge < -0.3 is 14.2 Å². The van der Waals surface area contributed by atoms with Gasteiger partial charge in [0.25, 0.3) is 0 Å². The van der Waals surface area contributed by atoms with Gasteiger partial charge in [0.2, 0.25) is 0 Å². The Hall–Kier alpha value is -2.37. The molecule has 6 nitrogen and oxygen atoms in total. The van der Waals surface area contributed by atoms with E-state index < -0.39 is 6.10 Å². The zero-order valence-corrected chi connectivity index (χ0v) is 30.8. The van der Waals surface area contributed by atoms with Gasteiger partial charge in [-0.2, -0.15) is 0 Å². The maximum Gasteiger partial charge on any atom is 0.306 e. The van der Waals surface area contributed by atoms with E-state index in [1.807, 2.05) is 0 Å². The minimum Gasteiger partial charge on any atom is -0.462 e. The Kier molecular flexibility index (Phi) is 34.6. The first-order chi connectivity index (χ1) is 23.0. The third kappa shape index (κ3) is 34.8. The molecule has 272 valence electrons. The fourth-order valence-electron chi connectivity index (χ4n) is 5.10. The second kappa shape index (κ2) is 36.5. The molecule has 0 aromatic rings. The first kappa shape index (κ1) is 44.6. The fraction of sp³-hybridized carbons (Fsp3) is 0.780. The maximum atomic E-state index is 12.6. The van der Waals surface area contributed by atoms with Gasteiger partial charge in [0.05, 0.1) is 0 Å². The van der Waals surface area contributed by atoms with Gasteiger partial charge in [0.15, 0.2) is 6.10 Å². The lowest BCUT2D eigenvalue weighted by molar-refractivity contribution is -0.167. The van der Waals surface area contributed by atoms with E-state index in [9.17, 15) is 14.4 Å². The molecule has 0 saturated heterocycles. The number of hydrogen-bond donors (Lipinski definition) is 0. The first-order valence-corrected chi connectivity index (χ1v) is 19.5. The van der Waals surface area contributed by atoms with Gasteiger partial charge in [0, 0.05) is 19.3 Å². The van der Waals surface area contributed by atoms with Crippen molar-refractivity contribution in [2.45, 2.75) is 194 Å². The molecule has 47 heavy (non-hydrogen) atoms. The number of rotatable bonds is 34. The van der Waals surface area contributed by atoms with Crippen LogP contribution in [-0.2, 0) is 28.6 Å². The number of unbranched alkanes of at least 4 members (excludes halogenated alkanes) is 17. The standard InChI is InChI=1S/C41H72O6/c1-4-7-10-13-15-17-19-20-22-23-25-28-31-34-40(43)46-37-38(36-45-39(42)33-30-27-12-9-6-3)47-41(44)35-32-29-26-24-21-18-16-14-11-8-5-2/h10,13-14,16-17,19,38H,4-9,11-12,15,18,20-37H2,1-3H3/b13-10-,16-14-,19-17-. The predicted octanol–water partition coefficient (Wildman–Crippen LogP) is 11.9. The Bertz CT molecular complexity index is 815. The molecule has 6 heteroatoms. The summed E-state index contributed by atoms with van der Waals surface area (Å²) in [6, 6.07) is 0. The highest BCUT2D eigenvalue weighted by molar-refractivity contribution is 5.71. The molecule has 0 aliphatic rings. The number of hydrogen-bond acceptors (Lipinski definition) is 6. The Morgan fingerprint density at radius 1 is 0.426 bits per heavy atom. The largest absolute Gasteiger partial charge is 0.462 e. The summed E-state index contributed by atoms with van der Waals surface area (Å²) in [6.07, 6.45) is 38.7. The summed E-state index contributed by atoms with van der Waals surface area (Å²) < 4.78 is 16.5. The van der Waals surface area contributed by atoms with Crippen LogP contribution in [0.15, 0.2) is 36.5 Å². The third-order valence-electron chi connectivity index (χ3n) is 8.10. The van der Waals surface area contributed by atoms with Gasteiger partial charge in [-0.15, -0.1) is 0 Å². The molecule has 0 bridgehead atoms.